The lowest BCUT2D eigenvalue weighted by Crippen LogP contribution is -2.34. The zero-order chi connectivity index (χ0) is 16.3. The maximum atomic E-state index is 12.7. The quantitative estimate of drug-likeness (QED) is 0.919. The Hall–Kier alpha value is -2.08. The van der Waals surface area contributed by atoms with Crippen LogP contribution < -0.4 is 5.32 Å². The van der Waals surface area contributed by atoms with Gasteiger partial charge in [0.05, 0.1) is 17.3 Å². The van der Waals surface area contributed by atoms with Crippen LogP contribution in [0.2, 0.25) is 0 Å². The number of rotatable bonds is 4. The van der Waals surface area contributed by atoms with Gasteiger partial charge in [-0.1, -0.05) is 12.1 Å². The van der Waals surface area contributed by atoms with Crippen molar-refractivity contribution in [3.63, 3.8) is 0 Å². The number of hydrogen-bond acceptors (Lipinski definition) is 4. The van der Waals surface area contributed by atoms with Crippen molar-refractivity contribution in [1.82, 2.24) is 0 Å². The average molecular weight is 320 g/mol. The van der Waals surface area contributed by atoms with Gasteiger partial charge in [0.15, 0.2) is 9.84 Å². The fraction of sp³-hybridized carbons (Fsp3) is 0.333. The largest absolute Gasteiger partial charge is 0.418 e. The van der Waals surface area contributed by atoms with Crippen LogP contribution in [0.5, 0.6) is 0 Å². The third kappa shape index (κ3) is 4.19. The van der Waals surface area contributed by atoms with Crippen molar-refractivity contribution in [2.45, 2.75) is 18.3 Å². The Morgan fingerprint density at radius 3 is 2.48 bits per heavy atom. The summed E-state index contributed by atoms with van der Waals surface area (Å²) in [6.07, 6.45) is -4.68. The van der Waals surface area contributed by atoms with E-state index in [9.17, 15) is 26.4 Å². The van der Waals surface area contributed by atoms with Crippen LogP contribution in [0, 0.1) is 11.3 Å². The number of carbonyl (C=O) groups is 1. The number of nitriles is 1. The molecule has 0 aliphatic carbocycles. The number of hydrogen-bond donors (Lipinski definition) is 1. The predicted molar refractivity (Wildman–Crippen MR) is 68.9 cm³/mol. The average Bonchev–Trinajstić information content (AvgIpc) is 2.37. The van der Waals surface area contributed by atoms with E-state index in [4.69, 9.17) is 5.26 Å². The molecule has 1 aromatic carbocycles. The minimum Gasteiger partial charge on any atom is -0.324 e. The van der Waals surface area contributed by atoms with Crippen molar-refractivity contribution in [3.05, 3.63) is 29.8 Å². The summed E-state index contributed by atoms with van der Waals surface area (Å²) in [7, 11) is -4.03. The van der Waals surface area contributed by atoms with Gasteiger partial charge in [-0.25, -0.2) is 8.42 Å². The number of amides is 1. The SMILES string of the molecule is CC(C(=O)Nc1ccccc1C(F)(F)F)S(=O)(=O)CC#N. The fourth-order valence-corrected chi connectivity index (χ4v) is 2.27. The van der Waals surface area contributed by atoms with E-state index in [2.05, 4.69) is 0 Å². The second kappa shape index (κ2) is 6.13. The van der Waals surface area contributed by atoms with Crippen LogP contribution in [0.25, 0.3) is 0 Å². The van der Waals surface area contributed by atoms with E-state index in [0.29, 0.717) is 0 Å². The van der Waals surface area contributed by atoms with E-state index >= 15 is 0 Å². The number of benzene rings is 1. The number of nitrogens with one attached hydrogen (secondary N) is 1. The van der Waals surface area contributed by atoms with Crippen LogP contribution in [0.4, 0.5) is 18.9 Å². The normalized spacial score (nSPS) is 13.3. The molecule has 0 bridgehead atoms. The molecule has 0 fully saturated rings. The van der Waals surface area contributed by atoms with E-state index < -0.39 is 44.2 Å². The standard InChI is InChI=1S/C12H11F3N2O3S/c1-8(21(19,20)7-6-16)11(18)17-10-5-3-2-4-9(10)12(13,14)15/h2-5,8H,7H2,1H3,(H,17,18). The molecular formula is C12H11F3N2O3S. The predicted octanol–water partition coefficient (Wildman–Crippen LogP) is 1.97. The van der Waals surface area contributed by atoms with Gasteiger partial charge in [-0.3, -0.25) is 4.79 Å². The molecule has 21 heavy (non-hydrogen) atoms. The van der Waals surface area contributed by atoms with Crippen molar-refractivity contribution >= 4 is 21.4 Å². The summed E-state index contributed by atoms with van der Waals surface area (Å²) in [5.74, 6) is -2.01. The molecule has 1 rings (SSSR count). The molecular weight excluding hydrogens is 309 g/mol. The highest BCUT2D eigenvalue weighted by Gasteiger charge is 2.35. The molecule has 1 N–H and O–H groups in total. The second-order valence-corrected chi connectivity index (χ2v) is 6.46. The zero-order valence-corrected chi connectivity index (χ0v) is 11.6. The highest BCUT2D eigenvalue weighted by molar-refractivity contribution is 7.92. The molecule has 0 heterocycles. The molecule has 1 amide bonds. The first kappa shape index (κ1) is 17.0. The van der Waals surface area contributed by atoms with Crippen molar-refractivity contribution in [2.75, 3.05) is 11.1 Å². The van der Waals surface area contributed by atoms with Crippen LogP contribution in [0.3, 0.4) is 0 Å². The number of sulfone groups is 1. The molecule has 9 heteroatoms. The monoisotopic (exact) mass is 320 g/mol. The molecule has 1 aromatic rings. The van der Waals surface area contributed by atoms with E-state index in [1.165, 1.54) is 12.1 Å². The number of anilines is 1. The van der Waals surface area contributed by atoms with Gasteiger partial charge in [-0.2, -0.15) is 18.4 Å². The Morgan fingerprint density at radius 1 is 1.38 bits per heavy atom. The van der Waals surface area contributed by atoms with Crippen molar-refractivity contribution in [1.29, 1.82) is 5.26 Å². The molecule has 5 nitrogen and oxygen atoms in total. The summed E-state index contributed by atoms with van der Waals surface area (Å²) >= 11 is 0. The van der Waals surface area contributed by atoms with Crippen LogP contribution in [0.15, 0.2) is 24.3 Å². The fourth-order valence-electron chi connectivity index (χ4n) is 1.45. The number of para-hydroxylation sites is 1. The molecule has 114 valence electrons. The summed E-state index contributed by atoms with van der Waals surface area (Å²) in [5.41, 5.74) is -1.61. The molecule has 0 saturated heterocycles. The Labute approximate surface area is 119 Å². The molecule has 1 unspecified atom stereocenters. The summed E-state index contributed by atoms with van der Waals surface area (Å²) in [5, 5.41) is 8.67. The van der Waals surface area contributed by atoms with Gasteiger partial charge in [-0.15, -0.1) is 0 Å². The number of carbonyl (C=O) groups excluding carboxylic acids is 1. The van der Waals surface area contributed by atoms with Crippen LogP contribution in [-0.2, 0) is 20.8 Å². The molecule has 0 radical (unpaired) electrons. The van der Waals surface area contributed by atoms with Crippen LogP contribution in [0.1, 0.15) is 12.5 Å². The molecule has 0 aliphatic heterocycles. The van der Waals surface area contributed by atoms with Gasteiger partial charge < -0.3 is 5.32 Å². The van der Waals surface area contributed by atoms with E-state index in [-0.39, 0.29) is 0 Å². The second-order valence-electron chi connectivity index (χ2n) is 4.14. The first-order valence-electron chi connectivity index (χ1n) is 5.65. The molecule has 0 aliphatic rings. The van der Waals surface area contributed by atoms with Crippen LogP contribution in [-0.4, -0.2) is 25.3 Å². The number of halogens is 3. The zero-order valence-electron chi connectivity index (χ0n) is 10.8. The maximum Gasteiger partial charge on any atom is 0.418 e. The van der Waals surface area contributed by atoms with Crippen molar-refractivity contribution in [2.24, 2.45) is 0 Å². The lowest BCUT2D eigenvalue weighted by atomic mass is 10.1. The third-order valence-corrected chi connectivity index (χ3v) is 4.49. The molecule has 0 aromatic heterocycles. The van der Waals surface area contributed by atoms with Gasteiger partial charge in [0.2, 0.25) is 5.91 Å². The summed E-state index contributed by atoms with van der Waals surface area (Å²) < 4.78 is 61.3. The smallest absolute Gasteiger partial charge is 0.324 e. The third-order valence-electron chi connectivity index (χ3n) is 2.66. The first-order valence-corrected chi connectivity index (χ1v) is 7.36. The van der Waals surface area contributed by atoms with Gasteiger partial charge in [0.25, 0.3) is 0 Å². The van der Waals surface area contributed by atoms with Gasteiger partial charge in [-0.05, 0) is 19.1 Å². The Balaban J connectivity index is 3.03. The lowest BCUT2D eigenvalue weighted by Gasteiger charge is -2.15. The Bertz CT molecular complexity index is 678. The highest BCUT2D eigenvalue weighted by Crippen LogP contribution is 2.34. The van der Waals surface area contributed by atoms with Gasteiger partial charge in [0, 0.05) is 0 Å². The van der Waals surface area contributed by atoms with Gasteiger partial charge in [0.1, 0.15) is 11.0 Å². The number of alkyl halides is 3. The first-order chi connectivity index (χ1) is 9.59. The Morgan fingerprint density at radius 2 is 1.95 bits per heavy atom. The van der Waals surface area contributed by atoms with E-state index in [1.807, 2.05) is 5.32 Å². The van der Waals surface area contributed by atoms with E-state index in [1.54, 1.807) is 0 Å². The van der Waals surface area contributed by atoms with E-state index in [0.717, 1.165) is 25.1 Å². The highest BCUT2D eigenvalue weighted by atomic mass is 32.2. The van der Waals surface area contributed by atoms with Gasteiger partial charge >= 0.3 is 6.18 Å². The topological polar surface area (TPSA) is 87.0 Å². The minimum absolute atomic E-state index is 0.533. The summed E-state index contributed by atoms with van der Waals surface area (Å²) in [6.45, 7) is 1.01. The maximum absolute atomic E-state index is 12.7. The number of nitrogens with zero attached hydrogens (tertiary/aromatic N) is 1. The molecule has 0 saturated carbocycles. The van der Waals surface area contributed by atoms with Crippen molar-refractivity contribution in [3.8, 4) is 6.07 Å². The molecule has 1 atom stereocenters. The minimum atomic E-state index is -4.68. The summed E-state index contributed by atoms with van der Waals surface area (Å²) in [6, 6.07) is 5.61. The van der Waals surface area contributed by atoms with Crippen LogP contribution >= 0.6 is 0 Å². The Kier molecular flexibility index (Phi) is 4.96. The molecule has 0 spiro atoms. The lowest BCUT2D eigenvalue weighted by molar-refractivity contribution is -0.137. The summed E-state index contributed by atoms with van der Waals surface area (Å²) in [4.78, 5) is 11.7. The van der Waals surface area contributed by atoms with Crippen molar-refractivity contribution < 1.29 is 26.4 Å².